The van der Waals surface area contributed by atoms with Gasteiger partial charge in [0, 0.05) is 37.5 Å². The molecule has 0 aromatic carbocycles. The van der Waals surface area contributed by atoms with Crippen LogP contribution in [0.15, 0.2) is 0 Å². The minimum absolute atomic E-state index is 0.774. The minimum atomic E-state index is 0.774. The van der Waals surface area contributed by atoms with Crippen LogP contribution in [0.3, 0.4) is 0 Å². The number of aryl methyl sites for hydroxylation is 2. The molecule has 4 nitrogen and oxygen atoms in total. The summed E-state index contributed by atoms with van der Waals surface area (Å²) in [5.41, 5.74) is 3.71. The van der Waals surface area contributed by atoms with Crippen LogP contribution in [-0.4, -0.2) is 29.5 Å². The Morgan fingerprint density at radius 3 is 2.62 bits per heavy atom. The molecule has 1 N–H and O–H groups in total. The molecule has 1 aromatic heterocycles. The Kier molecular flexibility index (Phi) is 5.49. The van der Waals surface area contributed by atoms with Crippen molar-refractivity contribution < 1.29 is 4.74 Å². The molecule has 1 aromatic rings. The summed E-state index contributed by atoms with van der Waals surface area (Å²) in [6.45, 7) is 12.6. The van der Waals surface area contributed by atoms with Crippen LogP contribution in [-0.2, 0) is 17.8 Å². The topological polar surface area (TPSA) is 39.1 Å². The standard InChI is InChI=1S/C12H23N3O/c1-5-15-11(4)12(10(3)14-15)9-13-7-8-16-6-2/h13H,5-9H2,1-4H3. The van der Waals surface area contributed by atoms with E-state index in [0.29, 0.717) is 0 Å². The predicted molar refractivity (Wildman–Crippen MR) is 65.6 cm³/mol. The van der Waals surface area contributed by atoms with Crippen LogP contribution >= 0.6 is 0 Å². The molecule has 0 fully saturated rings. The minimum Gasteiger partial charge on any atom is -0.380 e. The van der Waals surface area contributed by atoms with Crippen LogP contribution in [0.5, 0.6) is 0 Å². The fraction of sp³-hybridized carbons (Fsp3) is 0.750. The molecular weight excluding hydrogens is 202 g/mol. The van der Waals surface area contributed by atoms with E-state index in [1.165, 1.54) is 11.3 Å². The Bertz CT molecular complexity index is 320. The highest BCUT2D eigenvalue weighted by atomic mass is 16.5. The zero-order valence-corrected chi connectivity index (χ0v) is 10.8. The highest BCUT2D eigenvalue weighted by Gasteiger charge is 2.09. The van der Waals surface area contributed by atoms with Gasteiger partial charge in [0.05, 0.1) is 12.3 Å². The van der Waals surface area contributed by atoms with Gasteiger partial charge in [0.2, 0.25) is 0 Å². The Labute approximate surface area is 98.0 Å². The first-order valence-electron chi connectivity index (χ1n) is 6.02. The van der Waals surface area contributed by atoms with E-state index in [1.54, 1.807) is 0 Å². The molecule has 0 aliphatic heterocycles. The maximum Gasteiger partial charge on any atom is 0.0641 e. The summed E-state index contributed by atoms with van der Waals surface area (Å²) in [6.07, 6.45) is 0. The molecule has 0 unspecified atom stereocenters. The molecule has 1 heterocycles. The van der Waals surface area contributed by atoms with Crippen molar-refractivity contribution in [3.63, 3.8) is 0 Å². The van der Waals surface area contributed by atoms with Crippen LogP contribution in [0, 0.1) is 13.8 Å². The summed E-state index contributed by atoms with van der Waals surface area (Å²) >= 11 is 0. The van der Waals surface area contributed by atoms with Crippen LogP contribution < -0.4 is 5.32 Å². The van der Waals surface area contributed by atoms with E-state index in [0.717, 1.165) is 38.5 Å². The summed E-state index contributed by atoms with van der Waals surface area (Å²) in [5, 5.41) is 7.87. The lowest BCUT2D eigenvalue weighted by Crippen LogP contribution is -2.20. The first kappa shape index (κ1) is 13.2. The second-order valence-corrected chi connectivity index (χ2v) is 3.84. The summed E-state index contributed by atoms with van der Waals surface area (Å²) < 4.78 is 7.33. The third-order valence-corrected chi connectivity index (χ3v) is 2.76. The fourth-order valence-corrected chi connectivity index (χ4v) is 1.80. The van der Waals surface area contributed by atoms with E-state index in [4.69, 9.17) is 4.74 Å². The Morgan fingerprint density at radius 2 is 2.06 bits per heavy atom. The lowest BCUT2D eigenvalue weighted by atomic mass is 10.2. The normalized spacial score (nSPS) is 11.0. The number of ether oxygens (including phenoxy) is 1. The molecule has 4 heteroatoms. The van der Waals surface area contributed by atoms with E-state index in [-0.39, 0.29) is 0 Å². The summed E-state index contributed by atoms with van der Waals surface area (Å²) in [4.78, 5) is 0. The second kappa shape index (κ2) is 6.66. The van der Waals surface area contributed by atoms with Crippen molar-refractivity contribution in [3.05, 3.63) is 17.0 Å². The monoisotopic (exact) mass is 225 g/mol. The molecule has 0 atom stereocenters. The van der Waals surface area contributed by atoms with Crippen molar-refractivity contribution in [3.8, 4) is 0 Å². The molecule has 0 bridgehead atoms. The van der Waals surface area contributed by atoms with Crippen LogP contribution in [0.1, 0.15) is 30.8 Å². The van der Waals surface area contributed by atoms with Gasteiger partial charge in [-0.25, -0.2) is 0 Å². The Balaban J connectivity index is 2.44. The van der Waals surface area contributed by atoms with Crippen LogP contribution in [0.25, 0.3) is 0 Å². The second-order valence-electron chi connectivity index (χ2n) is 3.84. The highest BCUT2D eigenvalue weighted by molar-refractivity contribution is 5.24. The van der Waals surface area contributed by atoms with Gasteiger partial charge >= 0.3 is 0 Å². The molecule has 0 radical (unpaired) electrons. The van der Waals surface area contributed by atoms with Gasteiger partial charge < -0.3 is 10.1 Å². The lowest BCUT2D eigenvalue weighted by molar-refractivity contribution is 0.149. The molecular formula is C12H23N3O. The highest BCUT2D eigenvalue weighted by Crippen LogP contribution is 2.12. The van der Waals surface area contributed by atoms with Crippen molar-refractivity contribution >= 4 is 0 Å². The first-order chi connectivity index (χ1) is 7.70. The van der Waals surface area contributed by atoms with E-state index < -0.39 is 0 Å². The van der Waals surface area contributed by atoms with E-state index in [1.807, 2.05) is 6.92 Å². The van der Waals surface area contributed by atoms with Crippen LogP contribution in [0.2, 0.25) is 0 Å². The zero-order valence-electron chi connectivity index (χ0n) is 10.8. The molecule has 1 rings (SSSR count). The van der Waals surface area contributed by atoms with Gasteiger partial charge in [-0.2, -0.15) is 5.10 Å². The average Bonchev–Trinajstić information content (AvgIpc) is 2.55. The van der Waals surface area contributed by atoms with Crippen molar-refractivity contribution in [2.75, 3.05) is 19.8 Å². The predicted octanol–water partition coefficient (Wildman–Crippen LogP) is 1.65. The van der Waals surface area contributed by atoms with E-state index >= 15 is 0 Å². The van der Waals surface area contributed by atoms with Crippen molar-refractivity contribution in [1.82, 2.24) is 15.1 Å². The van der Waals surface area contributed by atoms with Crippen molar-refractivity contribution in [1.29, 1.82) is 0 Å². The molecule has 0 spiro atoms. The van der Waals surface area contributed by atoms with Gasteiger partial charge in [-0.05, 0) is 27.7 Å². The summed E-state index contributed by atoms with van der Waals surface area (Å²) in [5.74, 6) is 0. The SMILES string of the molecule is CCOCCNCc1c(C)nn(CC)c1C. The molecule has 16 heavy (non-hydrogen) atoms. The maximum absolute atomic E-state index is 5.27. The average molecular weight is 225 g/mol. The van der Waals surface area contributed by atoms with Crippen LogP contribution in [0.4, 0.5) is 0 Å². The number of rotatable bonds is 7. The molecule has 92 valence electrons. The van der Waals surface area contributed by atoms with Gasteiger partial charge in [-0.3, -0.25) is 4.68 Å². The Hall–Kier alpha value is -0.870. The molecule has 0 aliphatic carbocycles. The number of nitrogens with zero attached hydrogens (tertiary/aromatic N) is 2. The van der Waals surface area contributed by atoms with E-state index in [9.17, 15) is 0 Å². The van der Waals surface area contributed by atoms with Crippen molar-refractivity contribution in [2.45, 2.75) is 40.8 Å². The number of hydrogen-bond donors (Lipinski definition) is 1. The number of aromatic nitrogens is 2. The number of nitrogens with one attached hydrogen (secondary N) is 1. The van der Waals surface area contributed by atoms with Gasteiger partial charge in [0.15, 0.2) is 0 Å². The van der Waals surface area contributed by atoms with Gasteiger partial charge in [0.1, 0.15) is 0 Å². The van der Waals surface area contributed by atoms with E-state index in [2.05, 4.69) is 35.9 Å². The quantitative estimate of drug-likeness (QED) is 0.717. The molecule has 0 saturated carbocycles. The summed E-state index contributed by atoms with van der Waals surface area (Å²) in [7, 11) is 0. The first-order valence-corrected chi connectivity index (χ1v) is 6.02. The van der Waals surface area contributed by atoms with Gasteiger partial charge in [-0.15, -0.1) is 0 Å². The largest absolute Gasteiger partial charge is 0.380 e. The zero-order chi connectivity index (χ0) is 12.0. The Morgan fingerprint density at radius 1 is 1.31 bits per heavy atom. The fourth-order valence-electron chi connectivity index (χ4n) is 1.80. The maximum atomic E-state index is 5.27. The molecule has 0 aliphatic rings. The summed E-state index contributed by atoms with van der Waals surface area (Å²) in [6, 6.07) is 0. The molecule has 0 saturated heterocycles. The smallest absolute Gasteiger partial charge is 0.0641 e. The van der Waals surface area contributed by atoms with Gasteiger partial charge in [0.25, 0.3) is 0 Å². The number of hydrogen-bond acceptors (Lipinski definition) is 3. The molecule has 0 amide bonds. The van der Waals surface area contributed by atoms with Crippen molar-refractivity contribution in [2.24, 2.45) is 0 Å². The van der Waals surface area contributed by atoms with Gasteiger partial charge in [-0.1, -0.05) is 0 Å². The third kappa shape index (κ3) is 3.32. The third-order valence-electron chi connectivity index (χ3n) is 2.76. The lowest BCUT2D eigenvalue weighted by Gasteiger charge is -2.05.